The van der Waals surface area contributed by atoms with Gasteiger partial charge in [-0.2, -0.15) is 0 Å². The molecule has 2 aromatic carbocycles. The molecule has 0 amide bonds. The molecule has 0 aromatic heterocycles. The van der Waals surface area contributed by atoms with Gasteiger partial charge in [0.2, 0.25) is 5.39 Å². The largest absolute Gasteiger partial charge is 0.744 e. The minimum absolute atomic E-state index is 0.585. The highest BCUT2D eigenvalue weighted by atomic mass is 32.2. The second-order valence-corrected chi connectivity index (χ2v) is 7.03. The van der Waals surface area contributed by atoms with Gasteiger partial charge in [-0.15, -0.1) is 0 Å². The first kappa shape index (κ1) is 21.1. The number of diazo groups is 1. The van der Waals surface area contributed by atoms with Crippen LogP contribution in [0.25, 0.3) is 4.98 Å². The Kier molecular flexibility index (Phi) is 6.89. The van der Waals surface area contributed by atoms with E-state index in [4.69, 9.17) is 20.3 Å². The van der Waals surface area contributed by atoms with Crippen LogP contribution in [0.3, 0.4) is 0 Å². The van der Waals surface area contributed by atoms with E-state index in [1.807, 2.05) is 12.1 Å². The standard InChI is InChI=1S/C10H12N3O.C7H6O6S/c11-12-9-1-3-10(4-2-9)13-5-7-14-8-6-13;8-6-2-1-4(14(11,12)13)3-5(6)7(9)10/h1-4H,5-8H2;1-3,8H,(H,9,10)(H,11,12,13)/q+1;/p-1. The monoisotopic (exact) mass is 407 g/mol. The van der Waals surface area contributed by atoms with Crippen LogP contribution < -0.4 is 4.90 Å². The molecule has 1 aliphatic heterocycles. The van der Waals surface area contributed by atoms with Crippen LogP contribution in [0.2, 0.25) is 0 Å². The van der Waals surface area contributed by atoms with Crippen molar-refractivity contribution in [2.75, 3.05) is 31.2 Å². The number of benzene rings is 2. The quantitative estimate of drug-likeness (QED) is 0.574. The summed E-state index contributed by atoms with van der Waals surface area (Å²) in [6.07, 6.45) is 0. The summed E-state index contributed by atoms with van der Waals surface area (Å²) in [5.74, 6) is -2.10. The topological polar surface area (TPSA) is 155 Å². The smallest absolute Gasteiger partial charge is 0.385 e. The van der Waals surface area contributed by atoms with Crippen molar-refractivity contribution in [3.8, 4) is 5.75 Å². The van der Waals surface area contributed by atoms with Crippen molar-refractivity contribution in [1.82, 2.24) is 0 Å². The lowest BCUT2D eigenvalue weighted by atomic mass is 10.2. The number of hydrogen-bond donors (Lipinski definition) is 2. The molecule has 1 saturated heterocycles. The summed E-state index contributed by atoms with van der Waals surface area (Å²) in [6.45, 7) is 3.42. The maximum Gasteiger partial charge on any atom is 0.385 e. The molecule has 10 nitrogen and oxygen atoms in total. The fourth-order valence-electron chi connectivity index (χ4n) is 2.39. The lowest BCUT2D eigenvalue weighted by Gasteiger charge is -2.28. The number of aromatic carboxylic acids is 1. The molecule has 1 aliphatic rings. The van der Waals surface area contributed by atoms with Gasteiger partial charge in [0, 0.05) is 30.9 Å². The van der Waals surface area contributed by atoms with Gasteiger partial charge in [-0.25, -0.2) is 13.2 Å². The zero-order valence-electron chi connectivity index (χ0n) is 14.6. The van der Waals surface area contributed by atoms with E-state index >= 15 is 0 Å². The van der Waals surface area contributed by atoms with Crippen molar-refractivity contribution in [2.45, 2.75) is 4.90 Å². The first-order chi connectivity index (χ1) is 13.2. The normalized spacial score (nSPS) is 13.8. The molecule has 3 rings (SSSR count). The van der Waals surface area contributed by atoms with Crippen molar-refractivity contribution in [1.29, 1.82) is 5.39 Å². The van der Waals surface area contributed by atoms with E-state index < -0.39 is 32.3 Å². The molecule has 1 fully saturated rings. The average Bonchev–Trinajstić information content (AvgIpc) is 2.68. The van der Waals surface area contributed by atoms with Crippen LogP contribution in [0.15, 0.2) is 47.4 Å². The molecule has 2 aromatic rings. The predicted molar refractivity (Wildman–Crippen MR) is 97.2 cm³/mol. The first-order valence-corrected chi connectivity index (χ1v) is 9.43. The number of carboxylic acid groups (broad SMARTS) is 1. The summed E-state index contributed by atoms with van der Waals surface area (Å²) in [6, 6.07) is 9.80. The number of anilines is 1. The van der Waals surface area contributed by atoms with Crippen LogP contribution >= 0.6 is 0 Å². The third-order valence-electron chi connectivity index (χ3n) is 3.83. The Morgan fingerprint density at radius 3 is 2.25 bits per heavy atom. The minimum atomic E-state index is -4.70. The second-order valence-electron chi connectivity index (χ2n) is 5.65. The first-order valence-electron chi connectivity index (χ1n) is 8.02. The van der Waals surface area contributed by atoms with Crippen molar-refractivity contribution in [3.05, 3.63) is 53.0 Å². The summed E-state index contributed by atoms with van der Waals surface area (Å²) in [7, 11) is -4.70. The number of carbonyl (C=O) groups is 1. The molecule has 2 N–H and O–H groups in total. The summed E-state index contributed by atoms with van der Waals surface area (Å²) in [5, 5.41) is 26.0. The van der Waals surface area contributed by atoms with E-state index in [0.717, 1.165) is 44.1 Å². The molecule has 0 spiro atoms. The highest BCUT2D eigenvalue weighted by Gasteiger charge is 2.13. The highest BCUT2D eigenvalue weighted by Crippen LogP contribution is 2.21. The number of phenols is 1. The Morgan fingerprint density at radius 2 is 1.75 bits per heavy atom. The Labute approximate surface area is 161 Å². The molecule has 0 saturated carbocycles. The van der Waals surface area contributed by atoms with Crippen LogP contribution in [0, 0.1) is 5.39 Å². The van der Waals surface area contributed by atoms with Gasteiger partial charge in [0.05, 0.1) is 18.1 Å². The third kappa shape index (κ3) is 5.65. The Morgan fingerprint density at radius 1 is 1.14 bits per heavy atom. The Hall–Kier alpha value is -3.20. The Balaban J connectivity index is 0.000000200. The molecule has 11 heteroatoms. The number of rotatable bonds is 3. The van der Waals surface area contributed by atoms with Gasteiger partial charge in [0.15, 0.2) is 4.98 Å². The lowest BCUT2D eigenvalue weighted by Crippen LogP contribution is -2.36. The van der Waals surface area contributed by atoms with Crippen molar-refractivity contribution in [3.63, 3.8) is 0 Å². The summed E-state index contributed by atoms with van der Waals surface area (Å²) in [4.78, 5) is 15.1. The summed E-state index contributed by atoms with van der Waals surface area (Å²) < 4.78 is 36.7. The van der Waals surface area contributed by atoms with E-state index in [-0.39, 0.29) is 0 Å². The van der Waals surface area contributed by atoms with Crippen molar-refractivity contribution < 1.29 is 32.7 Å². The molecule has 0 aliphatic carbocycles. The maximum atomic E-state index is 10.5. The number of morpholine rings is 1. The minimum Gasteiger partial charge on any atom is -0.744 e. The predicted octanol–water partition coefficient (Wildman–Crippen LogP) is 2.00. The van der Waals surface area contributed by atoms with E-state index in [9.17, 15) is 17.8 Å². The zero-order chi connectivity index (χ0) is 20.7. The van der Waals surface area contributed by atoms with E-state index in [0.29, 0.717) is 11.8 Å². The summed E-state index contributed by atoms with van der Waals surface area (Å²) >= 11 is 0. The molecule has 0 atom stereocenters. The van der Waals surface area contributed by atoms with Crippen LogP contribution in [-0.2, 0) is 14.9 Å². The van der Waals surface area contributed by atoms with Crippen LogP contribution in [0.5, 0.6) is 5.75 Å². The van der Waals surface area contributed by atoms with Gasteiger partial charge in [0.1, 0.15) is 21.4 Å². The Bertz CT molecular complexity index is 979. The second kappa shape index (κ2) is 9.14. The van der Waals surface area contributed by atoms with Crippen molar-refractivity contribution in [2.24, 2.45) is 0 Å². The average molecular weight is 407 g/mol. The van der Waals surface area contributed by atoms with Gasteiger partial charge in [-0.05, 0) is 30.3 Å². The number of hydrogen-bond acceptors (Lipinski definition) is 8. The summed E-state index contributed by atoms with van der Waals surface area (Å²) in [5.41, 5.74) is 1.12. The van der Waals surface area contributed by atoms with Gasteiger partial charge >= 0.3 is 11.7 Å². The molecule has 0 bridgehead atoms. The maximum absolute atomic E-state index is 10.5. The highest BCUT2D eigenvalue weighted by molar-refractivity contribution is 7.85. The van der Waals surface area contributed by atoms with Crippen LogP contribution in [0.4, 0.5) is 11.4 Å². The molecule has 0 radical (unpaired) electrons. The molecular formula is C17H17N3O7S. The number of ether oxygens (including phenoxy) is 1. The fraction of sp³-hybridized carbons (Fsp3) is 0.235. The SMILES string of the molecule is N#[N+]c1ccc(N2CCOCC2)cc1.O=C(O)c1cc(S(=O)(=O)[O-])ccc1O. The van der Waals surface area contributed by atoms with E-state index in [2.05, 4.69) is 9.88 Å². The number of carboxylic acids is 1. The number of aromatic hydroxyl groups is 1. The van der Waals surface area contributed by atoms with Crippen molar-refractivity contribution >= 4 is 27.5 Å². The molecule has 28 heavy (non-hydrogen) atoms. The molecule has 1 heterocycles. The molecule has 0 unspecified atom stereocenters. The van der Waals surface area contributed by atoms with E-state index in [1.54, 1.807) is 12.1 Å². The van der Waals surface area contributed by atoms with Gasteiger partial charge in [-0.1, -0.05) is 0 Å². The molecule has 148 valence electrons. The number of nitrogens with zero attached hydrogens (tertiary/aromatic N) is 3. The van der Waals surface area contributed by atoms with Crippen LogP contribution in [-0.4, -0.2) is 55.5 Å². The zero-order valence-corrected chi connectivity index (χ0v) is 15.4. The van der Waals surface area contributed by atoms with Gasteiger partial charge < -0.3 is 24.4 Å². The third-order valence-corrected chi connectivity index (χ3v) is 4.66. The van der Waals surface area contributed by atoms with Gasteiger partial charge in [0.25, 0.3) is 0 Å². The van der Waals surface area contributed by atoms with Crippen LogP contribution in [0.1, 0.15) is 10.4 Å². The van der Waals surface area contributed by atoms with E-state index in [1.165, 1.54) is 0 Å². The molecular weight excluding hydrogens is 390 g/mol. The fourth-order valence-corrected chi connectivity index (χ4v) is 2.89. The lowest BCUT2D eigenvalue weighted by molar-refractivity contribution is 0.0693. The van der Waals surface area contributed by atoms with Gasteiger partial charge in [-0.3, -0.25) is 0 Å².